The molecule has 0 radical (unpaired) electrons. The van der Waals surface area contributed by atoms with Crippen LogP contribution in [-0.4, -0.2) is 0 Å². The Morgan fingerprint density at radius 1 is 1.18 bits per heavy atom. The van der Waals surface area contributed by atoms with Gasteiger partial charge in [0.1, 0.15) is 0 Å². The Bertz CT molecular complexity index is 492. The maximum absolute atomic E-state index is 2.44. The van der Waals surface area contributed by atoms with E-state index in [-0.39, 0.29) is 0 Å². The van der Waals surface area contributed by atoms with E-state index < -0.39 is 0 Å². The topological polar surface area (TPSA) is 0 Å². The van der Waals surface area contributed by atoms with Crippen molar-refractivity contribution in [2.24, 2.45) is 5.92 Å². The van der Waals surface area contributed by atoms with E-state index in [1.165, 1.54) is 44.9 Å². The van der Waals surface area contributed by atoms with E-state index in [0.29, 0.717) is 0 Å². The molecule has 0 amide bonds. The van der Waals surface area contributed by atoms with Gasteiger partial charge in [0.05, 0.1) is 0 Å². The molecule has 1 aromatic rings. The first-order valence-corrected chi connectivity index (χ1v) is 7.96. The third-order valence-corrected chi connectivity index (χ3v) is 6.27. The first-order chi connectivity index (χ1) is 8.33. The first kappa shape index (κ1) is 10.4. The SMILES string of the molecule is CC1=Cc2sc3c(c2C1)C1CCCCC1CC3. The first-order valence-electron chi connectivity index (χ1n) is 7.14. The van der Waals surface area contributed by atoms with Crippen LogP contribution in [0.25, 0.3) is 6.08 Å². The van der Waals surface area contributed by atoms with Crippen LogP contribution in [0.4, 0.5) is 0 Å². The second-order valence-corrected chi connectivity index (χ2v) is 7.28. The summed E-state index contributed by atoms with van der Waals surface area (Å²) < 4.78 is 0. The smallest absolute Gasteiger partial charge is 0.0311 e. The van der Waals surface area contributed by atoms with Crippen LogP contribution < -0.4 is 0 Å². The molecule has 1 saturated carbocycles. The van der Waals surface area contributed by atoms with Gasteiger partial charge in [-0.1, -0.05) is 18.4 Å². The van der Waals surface area contributed by atoms with Gasteiger partial charge in [0.25, 0.3) is 0 Å². The maximum Gasteiger partial charge on any atom is 0.0311 e. The Balaban J connectivity index is 1.81. The highest BCUT2D eigenvalue weighted by Gasteiger charge is 2.36. The molecule has 0 spiro atoms. The number of allylic oxidation sites excluding steroid dienone is 1. The zero-order valence-electron chi connectivity index (χ0n) is 10.6. The zero-order chi connectivity index (χ0) is 11.4. The standard InChI is InChI=1S/C16H20S/c1-10-8-13-15(9-10)17-14-7-6-11-4-2-3-5-12(11)16(13)14/h9,11-12H,2-8H2,1H3. The van der Waals surface area contributed by atoms with E-state index in [9.17, 15) is 0 Å². The molecule has 1 aromatic heterocycles. The van der Waals surface area contributed by atoms with Crippen LogP contribution in [0.1, 0.15) is 65.8 Å². The molecule has 0 bridgehead atoms. The lowest BCUT2D eigenvalue weighted by atomic mass is 9.69. The average Bonchev–Trinajstić information content (AvgIpc) is 2.84. The summed E-state index contributed by atoms with van der Waals surface area (Å²) in [6.07, 6.45) is 12.5. The van der Waals surface area contributed by atoms with Gasteiger partial charge >= 0.3 is 0 Å². The minimum absolute atomic E-state index is 0.937. The number of rotatable bonds is 0. The van der Waals surface area contributed by atoms with Gasteiger partial charge in [0.15, 0.2) is 0 Å². The summed E-state index contributed by atoms with van der Waals surface area (Å²) in [7, 11) is 0. The summed E-state index contributed by atoms with van der Waals surface area (Å²) in [5, 5.41) is 0. The van der Waals surface area contributed by atoms with E-state index in [1.807, 2.05) is 5.56 Å². The molecule has 3 aliphatic carbocycles. The summed E-state index contributed by atoms with van der Waals surface area (Å²) in [5.74, 6) is 1.96. The minimum Gasteiger partial charge on any atom is -0.140 e. The van der Waals surface area contributed by atoms with Crippen molar-refractivity contribution in [1.29, 1.82) is 0 Å². The number of hydrogen-bond donors (Lipinski definition) is 0. The number of fused-ring (bicyclic) bond motifs is 5. The van der Waals surface area contributed by atoms with E-state index >= 15 is 0 Å². The van der Waals surface area contributed by atoms with Gasteiger partial charge in [0.2, 0.25) is 0 Å². The lowest BCUT2D eigenvalue weighted by Gasteiger charge is -2.36. The summed E-state index contributed by atoms with van der Waals surface area (Å²) >= 11 is 2.11. The van der Waals surface area contributed by atoms with Crippen LogP contribution in [0, 0.1) is 5.92 Å². The van der Waals surface area contributed by atoms with Gasteiger partial charge < -0.3 is 0 Å². The van der Waals surface area contributed by atoms with E-state index in [4.69, 9.17) is 0 Å². The lowest BCUT2D eigenvalue weighted by Crippen LogP contribution is -2.23. The largest absolute Gasteiger partial charge is 0.140 e. The fourth-order valence-electron chi connectivity index (χ4n) is 4.27. The molecule has 3 aliphatic rings. The summed E-state index contributed by atoms with van der Waals surface area (Å²) in [6.45, 7) is 2.29. The Kier molecular flexibility index (Phi) is 2.27. The lowest BCUT2D eigenvalue weighted by molar-refractivity contribution is 0.276. The Morgan fingerprint density at radius 3 is 3.00 bits per heavy atom. The highest BCUT2D eigenvalue weighted by Crippen LogP contribution is 2.51. The molecule has 1 fully saturated rings. The van der Waals surface area contributed by atoms with E-state index in [2.05, 4.69) is 24.3 Å². The maximum atomic E-state index is 2.44. The van der Waals surface area contributed by atoms with Gasteiger partial charge in [-0.3, -0.25) is 0 Å². The molecule has 0 aromatic carbocycles. The van der Waals surface area contributed by atoms with Crippen LogP contribution in [-0.2, 0) is 12.8 Å². The molecule has 17 heavy (non-hydrogen) atoms. The highest BCUT2D eigenvalue weighted by atomic mass is 32.1. The molecular weight excluding hydrogens is 224 g/mol. The molecule has 4 rings (SSSR count). The van der Waals surface area contributed by atoms with Crippen LogP contribution in [0.3, 0.4) is 0 Å². The molecule has 1 heteroatoms. The zero-order valence-corrected chi connectivity index (χ0v) is 11.4. The highest BCUT2D eigenvalue weighted by molar-refractivity contribution is 7.13. The Morgan fingerprint density at radius 2 is 2.06 bits per heavy atom. The van der Waals surface area contributed by atoms with Crippen molar-refractivity contribution in [2.45, 2.75) is 57.8 Å². The molecular formula is C16H20S. The quantitative estimate of drug-likeness (QED) is 0.607. The minimum atomic E-state index is 0.937. The van der Waals surface area contributed by atoms with Gasteiger partial charge in [-0.05, 0) is 68.1 Å². The molecule has 90 valence electrons. The van der Waals surface area contributed by atoms with Crippen molar-refractivity contribution in [3.8, 4) is 0 Å². The number of hydrogen-bond acceptors (Lipinski definition) is 1. The average molecular weight is 244 g/mol. The summed E-state index contributed by atoms with van der Waals surface area (Å²) in [4.78, 5) is 3.36. The van der Waals surface area contributed by atoms with Gasteiger partial charge in [-0.2, -0.15) is 0 Å². The molecule has 2 atom stereocenters. The van der Waals surface area contributed by atoms with Crippen LogP contribution in [0.5, 0.6) is 0 Å². The normalized spacial score (nSPS) is 30.5. The van der Waals surface area contributed by atoms with Gasteiger partial charge in [0, 0.05) is 9.75 Å². The molecule has 2 unspecified atom stereocenters. The predicted octanol–water partition coefficient (Wildman–Crippen LogP) is 4.93. The van der Waals surface area contributed by atoms with Crippen LogP contribution in [0.15, 0.2) is 5.57 Å². The van der Waals surface area contributed by atoms with Crippen molar-refractivity contribution in [1.82, 2.24) is 0 Å². The fourth-order valence-corrected chi connectivity index (χ4v) is 5.70. The van der Waals surface area contributed by atoms with Gasteiger partial charge in [-0.25, -0.2) is 0 Å². The summed E-state index contributed by atoms with van der Waals surface area (Å²) in [6, 6.07) is 0. The second kappa shape index (κ2) is 3.71. The second-order valence-electron chi connectivity index (χ2n) is 6.14. The molecule has 1 heterocycles. The molecule has 0 nitrogen and oxygen atoms in total. The fraction of sp³-hybridized carbons (Fsp3) is 0.625. The van der Waals surface area contributed by atoms with Crippen molar-refractivity contribution >= 4 is 17.4 Å². The Hall–Kier alpha value is -0.560. The van der Waals surface area contributed by atoms with Gasteiger partial charge in [-0.15, -0.1) is 11.3 Å². The monoisotopic (exact) mass is 244 g/mol. The third-order valence-electron chi connectivity index (χ3n) is 5.01. The van der Waals surface area contributed by atoms with E-state index in [1.54, 1.807) is 20.9 Å². The summed E-state index contributed by atoms with van der Waals surface area (Å²) in [5.41, 5.74) is 5.14. The van der Waals surface area contributed by atoms with Crippen molar-refractivity contribution in [2.75, 3.05) is 0 Å². The number of thiophene rings is 1. The third kappa shape index (κ3) is 1.48. The molecule has 0 saturated heterocycles. The van der Waals surface area contributed by atoms with Crippen LogP contribution in [0.2, 0.25) is 0 Å². The van der Waals surface area contributed by atoms with Crippen molar-refractivity contribution in [3.63, 3.8) is 0 Å². The van der Waals surface area contributed by atoms with Crippen molar-refractivity contribution in [3.05, 3.63) is 26.5 Å². The van der Waals surface area contributed by atoms with Crippen LogP contribution >= 0.6 is 11.3 Å². The molecule has 0 aliphatic heterocycles. The van der Waals surface area contributed by atoms with E-state index in [0.717, 1.165) is 11.8 Å². The predicted molar refractivity (Wildman–Crippen MR) is 74.7 cm³/mol. The van der Waals surface area contributed by atoms with Crippen molar-refractivity contribution < 1.29 is 0 Å². The molecule has 0 N–H and O–H groups in total. The number of aryl methyl sites for hydroxylation is 1. The Labute approximate surface area is 108 Å².